The zero-order chi connectivity index (χ0) is 13.4. The van der Waals surface area contributed by atoms with E-state index in [0.717, 1.165) is 26.9 Å². The molecule has 19 heavy (non-hydrogen) atoms. The lowest BCUT2D eigenvalue weighted by Crippen LogP contribution is -2.19. The molecule has 0 fully saturated rings. The van der Waals surface area contributed by atoms with Crippen LogP contribution >= 0.6 is 15.9 Å². The second-order valence-corrected chi connectivity index (χ2v) is 5.87. The summed E-state index contributed by atoms with van der Waals surface area (Å²) in [7, 11) is 0. The SMILES string of the molecule is Cc1ccc2c(c1)C(O)CC(c1ccc(Br)cc1)O2. The van der Waals surface area contributed by atoms with Gasteiger partial charge in [0.15, 0.2) is 0 Å². The number of rotatable bonds is 1. The highest BCUT2D eigenvalue weighted by Gasteiger charge is 2.27. The topological polar surface area (TPSA) is 29.5 Å². The van der Waals surface area contributed by atoms with Crippen LogP contribution in [-0.4, -0.2) is 5.11 Å². The molecule has 2 atom stereocenters. The van der Waals surface area contributed by atoms with Crippen molar-refractivity contribution in [2.24, 2.45) is 0 Å². The van der Waals surface area contributed by atoms with Crippen LogP contribution in [0.15, 0.2) is 46.9 Å². The van der Waals surface area contributed by atoms with E-state index in [2.05, 4.69) is 15.9 Å². The van der Waals surface area contributed by atoms with E-state index in [4.69, 9.17) is 4.74 Å². The first-order valence-electron chi connectivity index (χ1n) is 6.34. The Kier molecular flexibility index (Phi) is 3.33. The molecule has 2 aromatic carbocycles. The largest absolute Gasteiger partial charge is 0.485 e. The summed E-state index contributed by atoms with van der Waals surface area (Å²) in [5, 5.41) is 10.3. The molecular formula is C16H15BrO2. The van der Waals surface area contributed by atoms with Crippen molar-refractivity contribution < 1.29 is 9.84 Å². The minimum atomic E-state index is -0.461. The maximum atomic E-state index is 10.3. The normalized spacial score (nSPS) is 21.6. The van der Waals surface area contributed by atoms with Crippen molar-refractivity contribution in [1.82, 2.24) is 0 Å². The predicted octanol–water partition coefficient (Wildman–Crippen LogP) is 4.31. The quantitative estimate of drug-likeness (QED) is 0.848. The summed E-state index contributed by atoms with van der Waals surface area (Å²) in [5.41, 5.74) is 3.13. The number of aryl methyl sites for hydroxylation is 1. The Balaban J connectivity index is 1.92. The van der Waals surface area contributed by atoms with Gasteiger partial charge in [0.25, 0.3) is 0 Å². The van der Waals surface area contributed by atoms with Gasteiger partial charge in [0.05, 0.1) is 6.10 Å². The molecule has 0 spiro atoms. The van der Waals surface area contributed by atoms with Crippen LogP contribution in [0.4, 0.5) is 0 Å². The predicted molar refractivity (Wildman–Crippen MR) is 78.3 cm³/mol. The maximum absolute atomic E-state index is 10.3. The first kappa shape index (κ1) is 12.7. The van der Waals surface area contributed by atoms with E-state index < -0.39 is 6.10 Å². The molecule has 0 aliphatic carbocycles. The Morgan fingerprint density at radius 3 is 2.63 bits per heavy atom. The molecule has 98 valence electrons. The summed E-state index contributed by atoms with van der Waals surface area (Å²) in [5.74, 6) is 0.789. The van der Waals surface area contributed by atoms with Gasteiger partial charge in [-0.15, -0.1) is 0 Å². The molecular weight excluding hydrogens is 304 g/mol. The molecule has 2 nitrogen and oxygen atoms in total. The first-order chi connectivity index (χ1) is 9.13. The number of fused-ring (bicyclic) bond motifs is 1. The average Bonchev–Trinajstić information content (AvgIpc) is 2.40. The van der Waals surface area contributed by atoms with Gasteiger partial charge >= 0.3 is 0 Å². The fourth-order valence-corrected chi connectivity index (χ4v) is 2.71. The highest BCUT2D eigenvalue weighted by Crippen LogP contribution is 2.41. The zero-order valence-corrected chi connectivity index (χ0v) is 12.2. The average molecular weight is 319 g/mol. The number of hydrogen-bond donors (Lipinski definition) is 1. The van der Waals surface area contributed by atoms with Gasteiger partial charge in [0.2, 0.25) is 0 Å². The molecule has 0 saturated carbocycles. The molecule has 0 saturated heterocycles. The molecule has 0 radical (unpaired) electrons. The lowest BCUT2D eigenvalue weighted by Gasteiger charge is -2.30. The Hall–Kier alpha value is -1.32. The van der Waals surface area contributed by atoms with E-state index in [0.29, 0.717) is 6.42 Å². The summed E-state index contributed by atoms with van der Waals surface area (Å²) in [6, 6.07) is 14.0. The van der Waals surface area contributed by atoms with Gasteiger partial charge in [-0.3, -0.25) is 0 Å². The number of hydrogen-bond acceptors (Lipinski definition) is 2. The molecule has 1 heterocycles. The minimum absolute atomic E-state index is 0.0849. The van der Waals surface area contributed by atoms with Crippen molar-refractivity contribution in [2.75, 3.05) is 0 Å². The Bertz CT molecular complexity index is 592. The molecule has 0 aromatic heterocycles. The second-order valence-electron chi connectivity index (χ2n) is 4.95. The van der Waals surface area contributed by atoms with Gasteiger partial charge in [-0.25, -0.2) is 0 Å². The lowest BCUT2D eigenvalue weighted by molar-refractivity contribution is 0.0657. The summed E-state index contributed by atoms with van der Waals surface area (Å²) >= 11 is 3.42. The Morgan fingerprint density at radius 2 is 1.89 bits per heavy atom. The monoisotopic (exact) mass is 318 g/mol. The van der Waals surface area contributed by atoms with E-state index in [9.17, 15) is 5.11 Å². The van der Waals surface area contributed by atoms with Crippen LogP contribution in [0.1, 0.15) is 35.3 Å². The summed E-state index contributed by atoms with van der Waals surface area (Å²) in [6.07, 6.45) is 0.0496. The molecule has 3 rings (SSSR count). The van der Waals surface area contributed by atoms with Gasteiger partial charge in [0, 0.05) is 16.5 Å². The molecule has 1 aliphatic rings. The van der Waals surface area contributed by atoms with Crippen LogP contribution in [0.2, 0.25) is 0 Å². The van der Waals surface area contributed by atoms with Crippen molar-refractivity contribution in [3.05, 3.63) is 63.6 Å². The third-order valence-electron chi connectivity index (χ3n) is 3.47. The van der Waals surface area contributed by atoms with E-state index in [1.165, 1.54) is 0 Å². The highest BCUT2D eigenvalue weighted by atomic mass is 79.9. The first-order valence-corrected chi connectivity index (χ1v) is 7.13. The van der Waals surface area contributed by atoms with Crippen LogP contribution in [0.25, 0.3) is 0 Å². The van der Waals surface area contributed by atoms with Gasteiger partial charge < -0.3 is 9.84 Å². The summed E-state index contributed by atoms with van der Waals surface area (Å²) in [4.78, 5) is 0. The second kappa shape index (κ2) is 4.99. The standard InChI is InChI=1S/C16H15BrO2/c1-10-2-7-15-13(8-10)14(18)9-16(19-15)11-3-5-12(17)6-4-11/h2-8,14,16,18H,9H2,1H3. The van der Waals surface area contributed by atoms with Crippen LogP contribution in [-0.2, 0) is 0 Å². The van der Waals surface area contributed by atoms with Crippen LogP contribution in [0, 0.1) is 6.92 Å². The minimum Gasteiger partial charge on any atom is -0.485 e. The molecule has 1 N–H and O–H groups in total. The van der Waals surface area contributed by atoms with E-state index in [-0.39, 0.29) is 6.10 Å². The van der Waals surface area contributed by atoms with E-state index in [1.807, 2.05) is 49.4 Å². The fraction of sp³-hybridized carbons (Fsp3) is 0.250. The van der Waals surface area contributed by atoms with E-state index in [1.54, 1.807) is 0 Å². The smallest absolute Gasteiger partial charge is 0.127 e. The summed E-state index contributed by atoms with van der Waals surface area (Å²) in [6.45, 7) is 2.02. The Morgan fingerprint density at radius 1 is 1.16 bits per heavy atom. The zero-order valence-electron chi connectivity index (χ0n) is 10.6. The number of halogens is 1. The number of ether oxygens (including phenoxy) is 1. The van der Waals surface area contributed by atoms with Crippen LogP contribution < -0.4 is 4.74 Å². The maximum Gasteiger partial charge on any atom is 0.127 e. The van der Waals surface area contributed by atoms with Crippen LogP contribution in [0.3, 0.4) is 0 Å². The van der Waals surface area contributed by atoms with E-state index >= 15 is 0 Å². The Labute approximate surface area is 121 Å². The fourth-order valence-electron chi connectivity index (χ4n) is 2.45. The number of aliphatic hydroxyl groups excluding tert-OH is 1. The number of aliphatic hydroxyl groups is 1. The van der Waals surface area contributed by atoms with Crippen molar-refractivity contribution >= 4 is 15.9 Å². The van der Waals surface area contributed by atoms with Crippen molar-refractivity contribution in [1.29, 1.82) is 0 Å². The van der Waals surface area contributed by atoms with Crippen molar-refractivity contribution in [3.8, 4) is 5.75 Å². The summed E-state index contributed by atoms with van der Waals surface area (Å²) < 4.78 is 7.05. The van der Waals surface area contributed by atoms with Gasteiger partial charge in [-0.2, -0.15) is 0 Å². The van der Waals surface area contributed by atoms with Gasteiger partial charge in [-0.1, -0.05) is 39.7 Å². The van der Waals surface area contributed by atoms with Gasteiger partial charge in [-0.05, 0) is 36.8 Å². The van der Waals surface area contributed by atoms with Crippen molar-refractivity contribution in [3.63, 3.8) is 0 Å². The lowest BCUT2D eigenvalue weighted by atomic mass is 9.94. The van der Waals surface area contributed by atoms with Crippen molar-refractivity contribution in [2.45, 2.75) is 25.6 Å². The van der Waals surface area contributed by atoms with Crippen LogP contribution in [0.5, 0.6) is 5.75 Å². The number of benzene rings is 2. The third-order valence-corrected chi connectivity index (χ3v) is 4.00. The molecule has 1 aliphatic heterocycles. The molecule has 2 unspecified atom stereocenters. The molecule has 0 bridgehead atoms. The highest BCUT2D eigenvalue weighted by molar-refractivity contribution is 9.10. The molecule has 2 aromatic rings. The third kappa shape index (κ3) is 2.53. The molecule has 3 heteroatoms. The molecule has 0 amide bonds. The van der Waals surface area contributed by atoms with Gasteiger partial charge in [0.1, 0.15) is 11.9 Å².